The number of hydrogen-bond donors (Lipinski definition) is 2. The summed E-state index contributed by atoms with van der Waals surface area (Å²) in [7, 11) is -5.67. The summed E-state index contributed by atoms with van der Waals surface area (Å²) in [6.07, 6.45) is 0. The topological polar surface area (TPSA) is 61.0 Å². The first-order chi connectivity index (χ1) is 7.95. The van der Waals surface area contributed by atoms with Crippen LogP contribution in [0.4, 0.5) is 0 Å². The van der Waals surface area contributed by atoms with Gasteiger partial charge in [-0.05, 0) is 53.4 Å². The van der Waals surface area contributed by atoms with Crippen molar-refractivity contribution in [1.29, 1.82) is 0 Å². The molecule has 2 unspecified atom stereocenters. The van der Waals surface area contributed by atoms with Crippen LogP contribution < -0.4 is 9.96 Å². The van der Waals surface area contributed by atoms with Crippen molar-refractivity contribution in [3.63, 3.8) is 0 Å². The summed E-state index contributed by atoms with van der Waals surface area (Å²) < 4.78 is 24.9. The van der Waals surface area contributed by atoms with Gasteiger partial charge in [0.2, 0.25) is 0 Å². The average molecular weight is 327 g/mol. The quantitative estimate of drug-likeness (QED) is 0.740. The molecule has 2 atom stereocenters. The minimum atomic E-state index is -2.46. The van der Waals surface area contributed by atoms with E-state index in [0.717, 1.165) is 0 Å². The van der Waals surface area contributed by atoms with Gasteiger partial charge >= 0.3 is 34.6 Å². The second-order valence-corrected chi connectivity index (χ2v) is 19.2. The smallest absolute Gasteiger partial charge is 0.404 e. The molecule has 0 bridgehead atoms. The highest BCUT2D eigenvalue weighted by atomic mass is 28.5. The molecule has 0 radical (unpaired) electrons. The van der Waals surface area contributed by atoms with Crippen LogP contribution in [0.5, 0.6) is 0 Å². The Balaban J connectivity index is 3.07. The maximum Gasteiger partial charge on any atom is 0.404 e. The van der Waals surface area contributed by atoms with Gasteiger partial charge in [-0.1, -0.05) is 0 Å². The molecule has 10 heteroatoms. The molecule has 0 aromatic heterocycles. The minimum absolute atomic E-state index is 1.87. The molecule has 0 spiro atoms. The van der Waals surface area contributed by atoms with Gasteiger partial charge in [0.15, 0.2) is 0 Å². The molecule has 108 valence electrons. The van der Waals surface area contributed by atoms with Crippen molar-refractivity contribution < 1.29 is 16.5 Å². The van der Waals surface area contributed by atoms with Crippen LogP contribution in [0.3, 0.4) is 0 Å². The van der Waals surface area contributed by atoms with Gasteiger partial charge in [0, 0.05) is 0 Å². The van der Waals surface area contributed by atoms with E-state index in [9.17, 15) is 0 Å². The lowest BCUT2D eigenvalue weighted by Crippen LogP contribution is -2.73. The van der Waals surface area contributed by atoms with E-state index in [0.29, 0.717) is 0 Å². The second kappa shape index (κ2) is 5.20. The van der Waals surface area contributed by atoms with Crippen molar-refractivity contribution in [2.45, 2.75) is 39.3 Å². The summed E-state index contributed by atoms with van der Waals surface area (Å²) in [6.45, 7) is 12.2. The molecule has 1 saturated heterocycles. The van der Waals surface area contributed by atoms with Crippen LogP contribution in [0, 0.1) is 0 Å². The number of hydrogen-bond acceptors (Lipinski definition) is 6. The van der Waals surface area contributed by atoms with Crippen molar-refractivity contribution in [3.8, 4) is 0 Å². The molecule has 0 aliphatic carbocycles. The summed E-state index contributed by atoms with van der Waals surface area (Å²) in [6, 6.07) is 0. The van der Waals surface area contributed by atoms with Crippen LogP contribution in [0.25, 0.3) is 0 Å². The summed E-state index contributed by atoms with van der Waals surface area (Å²) in [5.41, 5.74) is 0. The summed E-state index contributed by atoms with van der Waals surface area (Å²) in [5, 5.41) is 0. The lowest BCUT2D eigenvalue weighted by atomic mass is 11.6. The lowest BCUT2D eigenvalue weighted by Gasteiger charge is -2.47. The van der Waals surface area contributed by atoms with Gasteiger partial charge in [0.05, 0.1) is 0 Å². The van der Waals surface area contributed by atoms with Crippen LogP contribution in [-0.2, 0) is 16.5 Å². The van der Waals surface area contributed by atoms with Gasteiger partial charge in [0.1, 0.15) is 0 Å². The Bertz CT molecular complexity index is 291. The molecule has 0 aromatic carbocycles. The van der Waals surface area contributed by atoms with Gasteiger partial charge < -0.3 is 16.5 Å². The standard InChI is InChI=1S/C8H26N2O4Si4/c1-9-17(7)12-15(3,4)11-16(5,6)13-18(8,10-2)14-17/h9-10H,1-8H3. The molecule has 1 aliphatic heterocycles. The van der Waals surface area contributed by atoms with E-state index >= 15 is 0 Å². The maximum absolute atomic E-state index is 6.24. The Labute approximate surface area is 115 Å². The molecule has 1 aliphatic rings. The SMILES string of the molecule is CN[Si]1(C)O[Si](C)(C)O[Si](C)(C)O[Si](C)(NC)O1. The average Bonchev–Trinajstić information content (AvgIpc) is 2.11. The van der Waals surface area contributed by atoms with E-state index in [2.05, 4.69) is 9.96 Å². The monoisotopic (exact) mass is 326 g/mol. The Morgan fingerprint density at radius 3 is 1.17 bits per heavy atom. The molecule has 1 fully saturated rings. The van der Waals surface area contributed by atoms with E-state index in [1.165, 1.54) is 0 Å². The van der Waals surface area contributed by atoms with Crippen molar-refractivity contribution in [3.05, 3.63) is 0 Å². The number of rotatable bonds is 2. The zero-order valence-corrected chi connectivity index (χ0v) is 16.6. The molecular weight excluding hydrogens is 300 g/mol. The van der Waals surface area contributed by atoms with Crippen molar-refractivity contribution >= 4 is 34.6 Å². The third kappa shape index (κ3) is 4.33. The van der Waals surface area contributed by atoms with Crippen LogP contribution in [0.15, 0.2) is 0 Å². The largest absolute Gasteiger partial charge is 0.416 e. The summed E-state index contributed by atoms with van der Waals surface area (Å²) in [5.74, 6) is 0. The highest BCUT2D eigenvalue weighted by Gasteiger charge is 2.54. The zero-order valence-electron chi connectivity index (χ0n) is 12.6. The highest BCUT2D eigenvalue weighted by molar-refractivity contribution is 6.92. The van der Waals surface area contributed by atoms with Gasteiger partial charge in [-0.15, -0.1) is 0 Å². The van der Waals surface area contributed by atoms with Crippen LogP contribution in [-0.4, -0.2) is 48.7 Å². The van der Waals surface area contributed by atoms with Gasteiger partial charge in [-0.3, -0.25) is 9.96 Å². The molecule has 0 aromatic rings. The predicted octanol–water partition coefficient (Wildman–Crippen LogP) is 1.05. The van der Waals surface area contributed by atoms with E-state index in [1.807, 2.05) is 53.4 Å². The first-order valence-corrected chi connectivity index (χ1v) is 16.4. The van der Waals surface area contributed by atoms with Gasteiger partial charge in [0.25, 0.3) is 0 Å². The summed E-state index contributed by atoms with van der Waals surface area (Å²) in [4.78, 5) is 6.40. The zero-order chi connectivity index (χ0) is 14.2. The van der Waals surface area contributed by atoms with E-state index < -0.39 is 34.6 Å². The van der Waals surface area contributed by atoms with Crippen LogP contribution >= 0.6 is 0 Å². The van der Waals surface area contributed by atoms with Crippen LogP contribution in [0.1, 0.15) is 0 Å². The molecule has 2 N–H and O–H groups in total. The highest BCUT2D eigenvalue weighted by Crippen LogP contribution is 2.28. The van der Waals surface area contributed by atoms with Crippen LogP contribution in [0.2, 0.25) is 39.3 Å². The molecule has 6 nitrogen and oxygen atoms in total. The third-order valence-electron chi connectivity index (χ3n) is 2.67. The van der Waals surface area contributed by atoms with E-state index in [1.54, 1.807) is 0 Å². The van der Waals surface area contributed by atoms with Gasteiger partial charge in [-0.2, -0.15) is 0 Å². The first kappa shape index (κ1) is 16.7. The maximum atomic E-state index is 6.24. The molecule has 1 heterocycles. The predicted molar refractivity (Wildman–Crippen MR) is 80.7 cm³/mol. The molecule has 0 amide bonds. The van der Waals surface area contributed by atoms with E-state index in [-0.39, 0.29) is 0 Å². The van der Waals surface area contributed by atoms with Crippen molar-refractivity contribution in [1.82, 2.24) is 9.96 Å². The second-order valence-electron chi connectivity index (χ2n) is 5.60. The molecule has 0 saturated carbocycles. The fourth-order valence-corrected chi connectivity index (χ4v) is 21.2. The normalized spacial score (nSPS) is 40.0. The van der Waals surface area contributed by atoms with E-state index in [4.69, 9.17) is 16.5 Å². The fourth-order valence-electron chi connectivity index (χ4n) is 2.19. The molecule has 1 rings (SSSR count). The lowest BCUT2D eigenvalue weighted by molar-refractivity contribution is 0.220. The molecule has 18 heavy (non-hydrogen) atoms. The van der Waals surface area contributed by atoms with Crippen molar-refractivity contribution in [2.24, 2.45) is 0 Å². The van der Waals surface area contributed by atoms with Crippen molar-refractivity contribution in [2.75, 3.05) is 14.1 Å². The molecular formula is C8H26N2O4Si4. The third-order valence-corrected chi connectivity index (χ3v) is 18.6. The van der Waals surface area contributed by atoms with Gasteiger partial charge in [-0.25, -0.2) is 0 Å². The fraction of sp³-hybridized carbons (Fsp3) is 1.00. The summed E-state index contributed by atoms with van der Waals surface area (Å²) >= 11 is 0. The Kier molecular flexibility index (Phi) is 4.81. The Morgan fingerprint density at radius 1 is 0.556 bits per heavy atom. The Morgan fingerprint density at radius 2 is 0.889 bits per heavy atom. The Hall–Kier alpha value is 0.628. The first-order valence-electron chi connectivity index (χ1n) is 6.13. The minimum Gasteiger partial charge on any atom is -0.416 e. The number of nitrogens with one attached hydrogen (secondary N) is 2.